The zero-order chi connectivity index (χ0) is 14.3. The Hall–Kier alpha value is -0.520. The van der Waals surface area contributed by atoms with Gasteiger partial charge in [0.05, 0.1) is 0 Å². The number of carboxylic acids is 1. The summed E-state index contributed by atoms with van der Waals surface area (Å²) in [6, 6.07) is 8.08. The Labute approximate surface area is 127 Å². The van der Waals surface area contributed by atoms with E-state index in [4.69, 9.17) is 0 Å². The summed E-state index contributed by atoms with van der Waals surface area (Å²) in [4.78, 5) is 12.4. The van der Waals surface area contributed by atoms with E-state index < -0.39 is 11.5 Å². The van der Waals surface area contributed by atoms with Gasteiger partial charge in [-0.1, -0.05) is 19.1 Å². The number of aliphatic carboxylic acids is 1. The lowest BCUT2D eigenvalue weighted by molar-refractivity contribution is -0.144. The van der Waals surface area contributed by atoms with Gasteiger partial charge in [-0.25, -0.2) is 0 Å². The molecule has 106 valence electrons. The molecule has 0 bridgehead atoms. The molecule has 0 aromatic heterocycles. The van der Waals surface area contributed by atoms with E-state index in [1.165, 1.54) is 4.90 Å². The molecule has 3 nitrogen and oxygen atoms in total. The fraction of sp³-hybridized carbons (Fsp3) is 0.500. The molecule has 0 aliphatic rings. The van der Waals surface area contributed by atoms with Crippen molar-refractivity contribution in [2.24, 2.45) is 0 Å². The van der Waals surface area contributed by atoms with Crippen LogP contribution in [0, 0.1) is 0 Å². The zero-order valence-corrected chi connectivity index (χ0v) is 13.7. The van der Waals surface area contributed by atoms with Crippen molar-refractivity contribution in [3.63, 3.8) is 0 Å². The summed E-state index contributed by atoms with van der Waals surface area (Å²) in [7, 11) is 0. The van der Waals surface area contributed by atoms with Gasteiger partial charge in [0.2, 0.25) is 0 Å². The molecule has 2 N–H and O–H groups in total. The van der Waals surface area contributed by atoms with Crippen molar-refractivity contribution in [3.05, 3.63) is 28.7 Å². The third kappa shape index (κ3) is 5.16. The van der Waals surface area contributed by atoms with Crippen LogP contribution in [0.5, 0.6) is 0 Å². The average Bonchev–Trinajstić information content (AvgIpc) is 2.37. The Kier molecular flexibility index (Phi) is 6.89. The second-order valence-corrected chi connectivity index (χ2v) is 6.54. The number of halogens is 1. The predicted octanol–water partition coefficient (Wildman–Crippen LogP) is 3.77. The summed E-state index contributed by atoms with van der Waals surface area (Å²) in [6.45, 7) is 4.35. The number of carboxylic acid groups (broad SMARTS) is 1. The molecule has 0 spiro atoms. The van der Waals surface area contributed by atoms with E-state index in [2.05, 4.69) is 27.3 Å². The van der Waals surface area contributed by atoms with Crippen molar-refractivity contribution in [1.29, 1.82) is 0 Å². The quantitative estimate of drug-likeness (QED) is 0.556. The molecule has 0 radical (unpaired) electrons. The van der Waals surface area contributed by atoms with Gasteiger partial charge in [0.1, 0.15) is 5.54 Å². The van der Waals surface area contributed by atoms with Gasteiger partial charge < -0.3 is 10.4 Å². The highest BCUT2D eigenvalue weighted by Gasteiger charge is 2.31. The fourth-order valence-electron chi connectivity index (χ4n) is 1.83. The van der Waals surface area contributed by atoms with Crippen LogP contribution < -0.4 is 5.32 Å². The van der Waals surface area contributed by atoms with Gasteiger partial charge >= 0.3 is 5.97 Å². The van der Waals surface area contributed by atoms with Crippen LogP contribution in [0.1, 0.15) is 26.7 Å². The molecule has 1 unspecified atom stereocenters. The molecule has 0 heterocycles. The van der Waals surface area contributed by atoms with E-state index in [-0.39, 0.29) is 0 Å². The monoisotopic (exact) mass is 345 g/mol. The summed E-state index contributed by atoms with van der Waals surface area (Å²) in [5, 5.41) is 12.3. The Bertz CT molecular complexity index is 428. The van der Waals surface area contributed by atoms with Crippen molar-refractivity contribution >= 4 is 33.7 Å². The van der Waals surface area contributed by atoms with Crippen LogP contribution in [0.3, 0.4) is 0 Å². The summed E-state index contributed by atoms with van der Waals surface area (Å²) in [5.41, 5.74) is -0.816. The van der Waals surface area contributed by atoms with Crippen LogP contribution in [0.4, 0.5) is 0 Å². The summed E-state index contributed by atoms with van der Waals surface area (Å²) in [6.07, 6.45) is 1.50. The molecule has 0 amide bonds. The molecule has 1 rings (SSSR count). The second-order valence-electron chi connectivity index (χ2n) is 4.55. The normalized spacial score (nSPS) is 14.1. The van der Waals surface area contributed by atoms with Crippen LogP contribution in [-0.4, -0.2) is 28.9 Å². The van der Waals surface area contributed by atoms with Crippen LogP contribution in [0.15, 0.2) is 33.6 Å². The highest BCUT2D eigenvalue weighted by Crippen LogP contribution is 2.28. The van der Waals surface area contributed by atoms with E-state index in [9.17, 15) is 9.90 Å². The van der Waals surface area contributed by atoms with E-state index in [0.717, 1.165) is 16.6 Å². The second kappa shape index (κ2) is 7.92. The lowest BCUT2D eigenvalue weighted by Crippen LogP contribution is -2.49. The lowest BCUT2D eigenvalue weighted by atomic mass is 9.96. The molecule has 19 heavy (non-hydrogen) atoms. The number of benzene rings is 1. The topological polar surface area (TPSA) is 49.3 Å². The first-order valence-electron chi connectivity index (χ1n) is 6.35. The smallest absolute Gasteiger partial charge is 0.323 e. The number of hydrogen-bond donors (Lipinski definition) is 2. The Morgan fingerprint density at radius 2 is 2.16 bits per heavy atom. The Morgan fingerprint density at radius 3 is 2.74 bits per heavy atom. The molecule has 0 fully saturated rings. The van der Waals surface area contributed by atoms with Crippen LogP contribution in [-0.2, 0) is 4.79 Å². The third-order valence-corrected chi connectivity index (χ3v) is 5.07. The standard InChI is InChI=1S/C14H20BrNO2S/c1-3-16-14(2,13(17)18)9-6-10-19-12-8-5-4-7-11(12)15/h4-5,7-8,16H,3,6,9-10H2,1-2H3,(H,17,18). The number of nitrogens with one attached hydrogen (secondary N) is 1. The molecule has 1 aromatic rings. The maximum absolute atomic E-state index is 11.3. The number of carbonyl (C=O) groups is 1. The van der Waals surface area contributed by atoms with E-state index in [0.29, 0.717) is 13.0 Å². The van der Waals surface area contributed by atoms with E-state index >= 15 is 0 Å². The van der Waals surface area contributed by atoms with Crippen molar-refractivity contribution in [3.8, 4) is 0 Å². The SMILES string of the molecule is CCNC(C)(CCCSc1ccccc1Br)C(=O)O. The fourth-order valence-corrected chi connectivity index (χ4v) is 3.35. The molecule has 5 heteroatoms. The van der Waals surface area contributed by atoms with Gasteiger partial charge in [0, 0.05) is 9.37 Å². The first-order chi connectivity index (χ1) is 8.99. The zero-order valence-electron chi connectivity index (χ0n) is 11.3. The van der Waals surface area contributed by atoms with Crippen molar-refractivity contribution in [1.82, 2.24) is 5.32 Å². The van der Waals surface area contributed by atoms with E-state index in [1.807, 2.05) is 25.1 Å². The third-order valence-electron chi connectivity index (χ3n) is 2.95. The molecule has 0 aliphatic carbocycles. The number of thioether (sulfide) groups is 1. The minimum absolute atomic E-state index is 0.633. The van der Waals surface area contributed by atoms with Gasteiger partial charge in [0.15, 0.2) is 0 Å². The van der Waals surface area contributed by atoms with E-state index in [1.54, 1.807) is 18.7 Å². The van der Waals surface area contributed by atoms with Gasteiger partial charge in [0.25, 0.3) is 0 Å². The van der Waals surface area contributed by atoms with Gasteiger partial charge in [-0.05, 0) is 60.1 Å². The molecular weight excluding hydrogens is 326 g/mol. The summed E-state index contributed by atoms with van der Waals surface area (Å²) in [5.74, 6) is 0.136. The largest absolute Gasteiger partial charge is 0.480 e. The maximum Gasteiger partial charge on any atom is 0.323 e. The van der Waals surface area contributed by atoms with Crippen LogP contribution >= 0.6 is 27.7 Å². The minimum Gasteiger partial charge on any atom is -0.480 e. The Morgan fingerprint density at radius 1 is 1.47 bits per heavy atom. The summed E-state index contributed by atoms with van der Waals surface area (Å²) < 4.78 is 1.09. The maximum atomic E-state index is 11.3. The average molecular weight is 346 g/mol. The van der Waals surface area contributed by atoms with Crippen molar-refractivity contribution in [2.75, 3.05) is 12.3 Å². The summed E-state index contributed by atoms with van der Waals surface area (Å²) >= 11 is 5.26. The number of rotatable bonds is 8. The van der Waals surface area contributed by atoms with Crippen LogP contribution in [0.2, 0.25) is 0 Å². The Balaban J connectivity index is 2.41. The highest BCUT2D eigenvalue weighted by atomic mass is 79.9. The number of hydrogen-bond acceptors (Lipinski definition) is 3. The van der Waals surface area contributed by atoms with Crippen molar-refractivity contribution in [2.45, 2.75) is 37.1 Å². The molecule has 0 saturated carbocycles. The van der Waals surface area contributed by atoms with Crippen molar-refractivity contribution < 1.29 is 9.90 Å². The number of likely N-dealkylation sites (N-methyl/N-ethyl adjacent to an activating group) is 1. The molecule has 0 saturated heterocycles. The molecule has 1 aromatic carbocycles. The van der Waals surface area contributed by atoms with Gasteiger partial charge in [-0.15, -0.1) is 11.8 Å². The highest BCUT2D eigenvalue weighted by molar-refractivity contribution is 9.10. The minimum atomic E-state index is -0.816. The molecule has 1 atom stereocenters. The molecule has 0 aliphatic heterocycles. The van der Waals surface area contributed by atoms with Gasteiger partial charge in [-0.2, -0.15) is 0 Å². The first kappa shape index (κ1) is 16.5. The molecular formula is C14H20BrNO2S. The van der Waals surface area contributed by atoms with Gasteiger partial charge in [-0.3, -0.25) is 4.79 Å². The first-order valence-corrected chi connectivity index (χ1v) is 8.13. The lowest BCUT2D eigenvalue weighted by Gasteiger charge is -2.25. The predicted molar refractivity (Wildman–Crippen MR) is 83.8 cm³/mol. The van der Waals surface area contributed by atoms with Crippen LogP contribution in [0.25, 0.3) is 0 Å².